The lowest BCUT2D eigenvalue weighted by Gasteiger charge is -2.36. The number of nitrogens with one attached hydrogen (secondary N) is 1. The van der Waals surface area contributed by atoms with Crippen molar-refractivity contribution in [1.29, 1.82) is 0 Å². The summed E-state index contributed by atoms with van der Waals surface area (Å²) in [5, 5.41) is 10.5. The molecular weight excluding hydrogens is 777 g/mol. The number of dihydropyridines is 1. The highest BCUT2D eigenvalue weighted by Gasteiger charge is 2.31. The Labute approximate surface area is 372 Å². The number of hydrogen-bond donors (Lipinski definition) is 1. The molecule has 4 heteroatoms. The van der Waals surface area contributed by atoms with E-state index in [1.807, 2.05) is 0 Å². The second-order valence-electron chi connectivity index (χ2n) is 17.5. The molecule has 11 aromatic rings. The first kappa shape index (κ1) is 36.6. The summed E-state index contributed by atoms with van der Waals surface area (Å²) in [6, 6.07) is 71.1. The smallest absolute Gasteiger partial charge is 0.0791 e. The largest absolute Gasteiger partial charge is 0.372 e. The van der Waals surface area contributed by atoms with Gasteiger partial charge in [0.1, 0.15) is 0 Å². The highest BCUT2D eigenvalue weighted by atomic mass is 15.0. The van der Waals surface area contributed by atoms with Crippen LogP contribution in [0.3, 0.4) is 0 Å². The lowest BCUT2D eigenvalue weighted by molar-refractivity contribution is 0.537. The molecule has 4 heterocycles. The van der Waals surface area contributed by atoms with Gasteiger partial charge in [0.05, 0.1) is 33.1 Å². The van der Waals surface area contributed by atoms with Crippen LogP contribution >= 0.6 is 0 Å². The minimum Gasteiger partial charge on any atom is -0.372 e. The van der Waals surface area contributed by atoms with Crippen molar-refractivity contribution >= 4 is 71.9 Å². The van der Waals surface area contributed by atoms with Crippen LogP contribution in [0.2, 0.25) is 0 Å². The van der Waals surface area contributed by atoms with Crippen LogP contribution in [0.1, 0.15) is 41.3 Å². The molecule has 0 amide bonds. The third kappa shape index (κ3) is 5.62. The molecule has 0 spiro atoms. The van der Waals surface area contributed by atoms with E-state index in [2.05, 4.69) is 244 Å². The standard InChI is InChI=1S/C60H44N4/c1-60(43-19-16-22-46(38-43)64-58-33-12-6-27-51(58)52-28-7-13-34-59(52)64)39-42(40-17-14-20-44(35-40)62-54-29-8-2-23-47(54)48-24-3-9-30-55(48)62)37-53(61-60)41-18-15-21-45(36-41)63-56-31-10-4-25-49(56)50-26-5-11-32-57(50)63/h2-10,12-31,33-39,61H,11,32H2,1H3. The zero-order chi connectivity index (χ0) is 42.4. The fourth-order valence-electron chi connectivity index (χ4n) is 10.8. The van der Waals surface area contributed by atoms with E-state index in [-0.39, 0.29) is 0 Å². The first-order valence-electron chi connectivity index (χ1n) is 22.4. The fourth-order valence-corrected chi connectivity index (χ4v) is 10.8. The first-order valence-corrected chi connectivity index (χ1v) is 22.4. The second kappa shape index (κ2) is 14.2. The molecule has 64 heavy (non-hydrogen) atoms. The SMILES string of the molecule is CC1(c2cccc(-n3c4ccccc4c4ccccc43)c2)C=C(c2cccc(-n3c4ccccc4c4ccccc43)c2)C=C(c2cccc(-n3c4c(c5ccccc53)C=CCC4)c2)N1. The Bertz CT molecular complexity index is 3680. The van der Waals surface area contributed by atoms with E-state index in [0.29, 0.717) is 0 Å². The number of rotatable bonds is 6. The lowest BCUT2D eigenvalue weighted by atomic mass is 9.83. The molecule has 304 valence electrons. The Hall–Kier alpha value is -8.08. The first-order chi connectivity index (χ1) is 31.6. The second-order valence-corrected chi connectivity index (χ2v) is 17.5. The van der Waals surface area contributed by atoms with Crippen LogP contribution in [0.5, 0.6) is 0 Å². The van der Waals surface area contributed by atoms with Crippen LogP contribution < -0.4 is 5.32 Å². The molecule has 0 fully saturated rings. The summed E-state index contributed by atoms with van der Waals surface area (Å²) in [5.74, 6) is 0. The maximum Gasteiger partial charge on any atom is 0.0791 e. The van der Waals surface area contributed by atoms with Crippen LogP contribution in [0.4, 0.5) is 0 Å². The number of aromatic nitrogens is 3. The fraction of sp³-hybridized carbons (Fsp3) is 0.0667. The van der Waals surface area contributed by atoms with Crippen molar-refractivity contribution in [2.75, 3.05) is 0 Å². The van der Waals surface area contributed by atoms with Gasteiger partial charge in [0.25, 0.3) is 0 Å². The summed E-state index contributed by atoms with van der Waals surface area (Å²) < 4.78 is 7.31. The summed E-state index contributed by atoms with van der Waals surface area (Å²) >= 11 is 0. The topological polar surface area (TPSA) is 26.8 Å². The van der Waals surface area contributed by atoms with E-state index >= 15 is 0 Å². The minimum atomic E-state index is -0.572. The maximum absolute atomic E-state index is 4.12. The van der Waals surface area contributed by atoms with Crippen molar-refractivity contribution in [3.8, 4) is 17.1 Å². The van der Waals surface area contributed by atoms with Crippen molar-refractivity contribution in [3.63, 3.8) is 0 Å². The van der Waals surface area contributed by atoms with Crippen molar-refractivity contribution in [1.82, 2.24) is 19.0 Å². The Kier molecular flexibility index (Phi) is 8.13. The van der Waals surface area contributed by atoms with E-state index in [4.69, 9.17) is 0 Å². The monoisotopic (exact) mass is 820 g/mol. The van der Waals surface area contributed by atoms with Gasteiger partial charge in [-0.25, -0.2) is 0 Å². The molecule has 4 nitrogen and oxygen atoms in total. The number of allylic oxidation sites excluding steroid dienone is 3. The minimum absolute atomic E-state index is 0.572. The Balaban J connectivity index is 0.991. The highest BCUT2D eigenvalue weighted by molar-refractivity contribution is 6.10. The summed E-state index contributed by atoms with van der Waals surface area (Å²) in [6.07, 6.45) is 11.5. The Morgan fingerprint density at radius 1 is 0.453 bits per heavy atom. The molecule has 1 N–H and O–H groups in total. The highest BCUT2D eigenvalue weighted by Crippen LogP contribution is 2.41. The molecule has 13 rings (SSSR count). The summed E-state index contributed by atoms with van der Waals surface area (Å²) in [7, 11) is 0. The molecule has 1 atom stereocenters. The zero-order valence-electron chi connectivity index (χ0n) is 35.5. The van der Waals surface area contributed by atoms with E-state index in [0.717, 1.165) is 41.0 Å². The van der Waals surface area contributed by atoms with Gasteiger partial charge in [-0.15, -0.1) is 0 Å². The number of fused-ring (bicyclic) bond motifs is 9. The molecule has 1 aliphatic carbocycles. The van der Waals surface area contributed by atoms with Gasteiger partial charge >= 0.3 is 0 Å². The molecule has 0 saturated carbocycles. The quantitative estimate of drug-likeness (QED) is 0.178. The third-order valence-electron chi connectivity index (χ3n) is 13.7. The van der Waals surface area contributed by atoms with E-state index in [1.165, 1.54) is 82.6 Å². The average Bonchev–Trinajstić information content (AvgIpc) is 4.00. The number of para-hydroxylation sites is 5. The van der Waals surface area contributed by atoms with E-state index in [1.54, 1.807) is 0 Å². The van der Waals surface area contributed by atoms with Crippen LogP contribution in [0.25, 0.3) is 88.9 Å². The summed E-state index contributed by atoms with van der Waals surface area (Å²) in [5.41, 5.74) is 17.4. The molecule has 8 aromatic carbocycles. The van der Waals surface area contributed by atoms with Gasteiger partial charge < -0.3 is 19.0 Å². The molecule has 3 aromatic heterocycles. The van der Waals surface area contributed by atoms with Crippen molar-refractivity contribution in [2.45, 2.75) is 25.3 Å². The van der Waals surface area contributed by atoms with Crippen LogP contribution in [0, 0.1) is 0 Å². The van der Waals surface area contributed by atoms with Crippen LogP contribution in [-0.4, -0.2) is 13.7 Å². The number of benzene rings is 8. The Morgan fingerprint density at radius 3 is 1.52 bits per heavy atom. The van der Waals surface area contributed by atoms with Crippen molar-refractivity contribution < 1.29 is 0 Å². The van der Waals surface area contributed by atoms with Crippen molar-refractivity contribution in [2.24, 2.45) is 0 Å². The van der Waals surface area contributed by atoms with E-state index < -0.39 is 5.54 Å². The average molecular weight is 821 g/mol. The molecular formula is C60H44N4. The van der Waals surface area contributed by atoms with E-state index in [9.17, 15) is 0 Å². The lowest BCUT2D eigenvalue weighted by Crippen LogP contribution is -2.38. The van der Waals surface area contributed by atoms with Crippen LogP contribution in [-0.2, 0) is 12.0 Å². The van der Waals surface area contributed by atoms with Gasteiger partial charge in [-0.05, 0) is 121 Å². The predicted octanol–water partition coefficient (Wildman–Crippen LogP) is 14.7. The molecule has 0 saturated heterocycles. The predicted molar refractivity (Wildman–Crippen MR) is 269 cm³/mol. The maximum atomic E-state index is 4.12. The normalized spacial score (nSPS) is 16.1. The third-order valence-corrected chi connectivity index (χ3v) is 13.7. The molecule has 1 unspecified atom stereocenters. The zero-order valence-corrected chi connectivity index (χ0v) is 35.5. The Morgan fingerprint density at radius 2 is 0.922 bits per heavy atom. The number of hydrogen-bond acceptors (Lipinski definition) is 1. The van der Waals surface area contributed by atoms with Gasteiger partial charge in [0, 0.05) is 60.9 Å². The summed E-state index contributed by atoms with van der Waals surface area (Å²) in [4.78, 5) is 0. The number of nitrogens with zero attached hydrogens (tertiary/aromatic N) is 3. The summed E-state index contributed by atoms with van der Waals surface area (Å²) in [6.45, 7) is 2.33. The molecule has 2 aliphatic rings. The van der Waals surface area contributed by atoms with Gasteiger partial charge in [0.15, 0.2) is 0 Å². The van der Waals surface area contributed by atoms with Gasteiger partial charge in [-0.3, -0.25) is 0 Å². The van der Waals surface area contributed by atoms with Gasteiger partial charge in [-0.2, -0.15) is 0 Å². The molecule has 0 radical (unpaired) electrons. The van der Waals surface area contributed by atoms with Gasteiger partial charge in [0.2, 0.25) is 0 Å². The molecule has 1 aliphatic heterocycles. The van der Waals surface area contributed by atoms with Gasteiger partial charge in [-0.1, -0.05) is 140 Å². The van der Waals surface area contributed by atoms with Crippen LogP contribution in [0.15, 0.2) is 212 Å². The molecule has 0 bridgehead atoms. The van der Waals surface area contributed by atoms with Crippen molar-refractivity contribution in [3.05, 3.63) is 240 Å².